The van der Waals surface area contributed by atoms with Crippen LogP contribution in [0.25, 0.3) is 129 Å². The number of hydrogen-bond donors (Lipinski definition) is 4. The minimum Gasteiger partial charge on any atom is -0.168 e. The molecule has 0 atom stereocenters. The van der Waals surface area contributed by atoms with Gasteiger partial charge in [-0.25, -0.2) is 0 Å². The van der Waals surface area contributed by atoms with Crippen LogP contribution in [0.5, 0.6) is 5.75 Å². The third kappa shape index (κ3) is 14.5. The molecule has 8 aliphatic rings. The number of hydrogen-bond acceptors (Lipinski definition) is 27. The number of fused-ring (bicyclic) bond motifs is 36. The molecule has 8 N–H and O–H groups in total. The van der Waals surface area contributed by atoms with E-state index >= 15 is 0 Å². The Labute approximate surface area is 846 Å². The number of aryl methyl sites for hydroxylation is 1. The summed E-state index contributed by atoms with van der Waals surface area (Å²) in [6, 6.07) is 67.8. The number of aliphatic imine (C=N–C) groups is 8. The van der Waals surface area contributed by atoms with Gasteiger partial charge in [-0.15, -0.1) is 0 Å². The Morgan fingerprint density at radius 1 is 0.248 bits per heavy atom. The van der Waals surface area contributed by atoms with Gasteiger partial charge >= 0.3 is 835 Å². The molecule has 2 radical (unpaired) electrons. The van der Waals surface area contributed by atoms with Crippen molar-refractivity contribution in [2.24, 2.45) is 59.9 Å². The SMILES string of the molecule is Cc1cccc2cc3c(cc12)C1=NC3=Nc2c3cc4c(S(=O)(=O)Cl)cccc4cc3c3[n]2[Ga][n]2c(c4cc5cccc(S(=O)(=O)Cl)c5cc4c2=NC2=NC(=N3)c3cc4c(S(=O)(=O)Cl)cccc4cc32)=N1.O.O.O=S(=O)(O)c1cccc2cc3c(cc12)C1=Nc2c4cc5cccc(S(=O)(=O)O)c5cc4c4[n]2[Ga][n]2c(c5cc6cccc(S(=O)(=O)O)c6cc5c2=NC3=N1)=NC1=NC(=N4)c2cc3cccc(O)c3cc21.O=S=O. The Kier molecular flexibility index (Phi) is 20.9. The smallest absolute Gasteiger partial charge is 0.168 e. The Hall–Kier alpha value is -14.4. The third-order valence-electron chi connectivity index (χ3n) is 26.4. The van der Waals surface area contributed by atoms with Gasteiger partial charge in [0.25, 0.3) is 0 Å². The normalized spacial score (nSPS) is 14.6. The number of phenolic OH excluding ortho intramolecular Hbond substituents is 1. The van der Waals surface area contributed by atoms with E-state index in [9.17, 15) is 69.3 Å². The van der Waals surface area contributed by atoms with Crippen LogP contribution in [-0.4, -0.2) is 184 Å². The number of nitrogens with zero attached hydrogens (tertiary/aromatic N) is 16. The second kappa shape index (κ2) is 32.5. The van der Waals surface area contributed by atoms with Crippen molar-refractivity contribution in [3.63, 3.8) is 0 Å². The fraction of sp³-hybridized carbons (Fsp3) is 0.0103. The minimum atomic E-state index is -4.74. The van der Waals surface area contributed by atoms with E-state index in [1.807, 2.05) is 74.6 Å². The fourth-order valence-corrected chi connectivity index (χ4v) is 31.7. The van der Waals surface area contributed by atoms with Crippen molar-refractivity contribution in [3.05, 3.63) is 315 Å². The first-order valence-corrected chi connectivity index (χ1v) is 58.9. The van der Waals surface area contributed by atoms with Crippen LogP contribution in [0.1, 0.15) is 50.1 Å². The van der Waals surface area contributed by atoms with Crippen LogP contribution in [0.2, 0.25) is 0 Å². The number of amidine groups is 8. The van der Waals surface area contributed by atoms with Gasteiger partial charge in [0.15, 0.2) is 0 Å². The van der Waals surface area contributed by atoms with Gasteiger partial charge in [-0.05, 0) is 0 Å². The van der Waals surface area contributed by atoms with Crippen molar-refractivity contribution in [3.8, 4) is 5.75 Å². The molecule has 145 heavy (non-hydrogen) atoms. The zero-order chi connectivity index (χ0) is 98.5. The molecular weight excluding hydrogens is 2180 g/mol. The second-order valence-electron chi connectivity index (χ2n) is 34.4. The third-order valence-corrected chi connectivity index (χ3v) is 39.3. The van der Waals surface area contributed by atoms with Crippen LogP contribution >= 0.6 is 32.0 Å². The predicted molar refractivity (Wildman–Crippen MR) is 553 cm³/mol. The van der Waals surface area contributed by atoms with E-state index in [0.29, 0.717) is 187 Å². The summed E-state index contributed by atoms with van der Waals surface area (Å²) in [5, 5.41) is 23.1. The summed E-state index contributed by atoms with van der Waals surface area (Å²) in [4.78, 5) is 61.8. The molecule has 0 fully saturated rings. The molecule has 12 bridgehead atoms. The van der Waals surface area contributed by atoms with Gasteiger partial charge in [0.2, 0.25) is 0 Å². The van der Waals surface area contributed by atoms with Crippen molar-refractivity contribution >= 4 is 336 Å². The molecule has 0 saturated heterocycles. The first-order chi connectivity index (χ1) is 68.3. The van der Waals surface area contributed by atoms with E-state index in [0.717, 1.165) is 27.5 Å². The van der Waals surface area contributed by atoms with Gasteiger partial charge in [-0.3, -0.25) is 0 Å². The van der Waals surface area contributed by atoms with Gasteiger partial charge in [0.1, 0.15) is 0 Å². The topological polar surface area (TPSA) is 551 Å². The van der Waals surface area contributed by atoms with Crippen LogP contribution < -0.4 is 22.0 Å². The van der Waals surface area contributed by atoms with Crippen molar-refractivity contribution < 1.29 is 88.6 Å². The summed E-state index contributed by atoms with van der Waals surface area (Å²) in [6.45, 7) is 2.04. The summed E-state index contributed by atoms with van der Waals surface area (Å²) < 4.78 is 212. The molecule has 0 spiro atoms. The van der Waals surface area contributed by atoms with Crippen LogP contribution in [0.4, 0.5) is 23.3 Å². The van der Waals surface area contributed by atoms with Crippen LogP contribution in [0, 0.1) is 6.92 Å². The maximum atomic E-state index is 13.2. The Morgan fingerprint density at radius 3 is 0.779 bits per heavy atom. The minimum absolute atomic E-state index is 0. The van der Waals surface area contributed by atoms with E-state index < -0.39 is 105 Å². The zero-order valence-electron chi connectivity index (χ0n) is 72.9. The number of phenols is 1. The number of halogens is 3. The number of benzene rings is 16. The molecule has 0 saturated carbocycles. The van der Waals surface area contributed by atoms with Crippen molar-refractivity contribution in [1.82, 2.24) is 13.1 Å². The average molecular weight is 2230 g/mol. The first kappa shape index (κ1) is 93.0. The fourth-order valence-electron chi connectivity index (χ4n) is 20.2. The van der Waals surface area contributed by atoms with Crippen molar-refractivity contribution in [2.75, 3.05) is 0 Å². The molecule has 28 rings (SSSR count). The Bertz CT molecular complexity index is 10600. The second-order valence-corrected chi connectivity index (χ2v) is 51.6. The van der Waals surface area contributed by atoms with E-state index in [-0.39, 0.29) is 103 Å². The summed E-state index contributed by atoms with van der Waals surface area (Å²) in [5.41, 5.74) is 6.96. The quantitative estimate of drug-likeness (QED) is 0.0682. The molecule has 48 heteroatoms. The van der Waals surface area contributed by atoms with Crippen molar-refractivity contribution in [2.45, 2.75) is 36.3 Å². The molecule has 12 heterocycles. The number of rotatable bonds is 6. The van der Waals surface area contributed by atoms with Crippen molar-refractivity contribution in [1.29, 1.82) is 0 Å². The monoisotopic (exact) mass is 2230 g/mol. The van der Waals surface area contributed by atoms with Gasteiger partial charge in [0.05, 0.1) is 0 Å². The van der Waals surface area contributed by atoms with Crippen LogP contribution in [0.15, 0.2) is 332 Å². The summed E-state index contributed by atoms with van der Waals surface area (Å²) in [7, 11) is -8.63. The number of aromatic hydroxyl groups is 1. The van der Waals surface area contributed by atoms with E-state index in [2.05, 4.69) is 6.07 Å². The van der Waals surface area contributed by atoms with Gasteiger partial charge in [0, 0.05) is 0 Å². The van der Waals surface area contributed by atoms with Gasteiger partial charge in [-0.1, -0.05) is 0 Å². The van der Waals surface area contributed by atoms with Crippen LogP contribution in [-0.2, 0) is 69.1 Å². The standard InChI is InChI=1S/C49H23Cl3N8O6S3.C48H24N8O10S3.2Ga.O2S.2H2O/c1-22-6-2-7-23-14-31-35(18-27(22)23)46-53-42(31)55-47-37-20-29-25(9-4-12-40(29)68(51,63)64)16-33(37)44(57-47)59-49-38-21-30-26(10-5-13-41(30)69(52,65)66)17-34(38)45(60-49)58-48-36-19-28-24(15-32(36)43(54-46)56-48)8-3-11-39(28)67(50,61)62;57-37-9-1-5-21-13-29-33(17-25(21)37)45-49-41(29)51-46-35-19-27-23(7-3-11-39(27)68(61,62)63)15-31(35)43(53-46)55-48-36-20-28-24(8-4-12-40(28)69(64,65)66)16-32(36)44(56-48)54-47-34-18-26-22(14-30(34)42(50-45)52-47)6-2-10-38(26)67(58,59)60;;;1-3-2;;/h2-21H,1H3;1-20H,(H4-2,49,50,51,52,53,54,55,56,57,58,59,60,61,62,63,64,65,66);;;;2*1H2/q2*-2;2*+2;;;. The molecular formula is C97H51Cl3Ga2N16O20S7. The summed E-state index contributed by atoms with van der Waals surface area (Å²) in [6.07, 6.45) is 0. The summed E-state index contributed by atoms with van der Waals surface area (Å²) in [5.74, 6) is 3.45. The van der Waals surface area contributed by atoms with Crippen LogP contribution in [0.3, 0.4) is 0 Å². The van der Waals surface area contributed by atoms with Gasteiger partial charge < -0.3 is 11.0 Å². The Balaban J connectivity index is 0.000000150. The molecule has 8 aliphatic heterocycles. The number of aromatic nitrogens is 4. The molecule has 4 aromatic heterocycles. The predicted octanol–water partition coefficient (Wildman–Crippen LogP) is 13.4. The largest absolute Gasteiger partial charge is 0.335 e. The van der Waals surface area contributed by atoms with Gasteiger partial charge in [-0.2, -0.15) is 8.42 Å². The van der Waals surface area contributed by atoms with E-state index in [1.165, 1.54) is 54.6 Å². The van der Waals surface area contributed by atoms with E-state index in [1.54, 1.807) is 127 Å². The molecule has 16 aromatic carbocycles. The molecule has 0 aliphatic carbocycles. The Morgan fingerprint density at radius 2 is 0.462 bits per heavy atom. The average Bonchev–Trinajstić information content (AvgIpc) is 1.55. The first-order valence-electron chi connectivity index (χ1n) is 42.7. The zero-order valence-corrected chi connectivity index (χ0v) is 85.7. The maximum Gasteiger partial charge on any atom is 0.335 e. The molecule has 708 valence electrons. The molecule has 36 nitrogen and oxygen atoms in total. The molecule has 0 unspecified atom stereocenters. The maximum absolute atomic E-state index is 13.2. The molecule has 20 aromatic rings. The summed E-state index contributed by atoms with van der Waals surface area (Å²) >= 11 is -5.40. The molecule has 0 amide bonds. The van der Waals surface area contributed by atoms with E-state index in [4.69, 9.17) is 100 Å².